The fraction of sp³-hybridized carbons (Fsp3) is 0.0714. The van der Waals surface area contributed by atoms with Crippen LogP contribution in [0.3, 0.4) is 0 Å². The first-order valence-electron chi connectivity index (χ1n) is 6.08. The van der Waals surface area contributed by atoms with Gasteiger partial charge < -0.3 is 11.5 Å². The number of hydrogen-bond acceptors (Lipinski definition) is 3. The number of nitrogens with zero attached hydrogens (tertiary/aromatic N) is 2. The van der Waals surface area contributed by atoms with Crippen LogP contribution < -0.4 is 11.5 Å². The van der Waals surface area contributed by atoms with E-state index in [-0.39, 0.29) is 16.1 Å². The average Bonchev–Trinajstić information content (AvgIpc) is 2.92. The van der Waals surface area contributed by atoms with Crippen LogP contribution in [0.2, 0.25) is 0 Å². The number of nitrogens with two attached hydrogens (primary N) is 2. The van der Waals surface area contributed by atoms with Gasteiger partial charge in [0.05, 0.1) is 17.1 Å². The number of nitrogen functional groups attached to an aromatic ring is 2. The molecule has 0 bridgehead atoms. The molecule has 4 nitrogen and oxygen atoms in total. The third-order valence-corrected chi connectivity index (χ3v) is 3.26. The summed E-state index contributed by atoms with van der Waals surface area (Å²) in [7, 11) is 0. The number of hydrogen-bond donors (Lipinski definition) is 2. The Morgan fingerprint density at radius 1 is 1.00 bits per heavy atom. The highest BCUT2D eigenvalue weighted by Gasteiger charge is 2.31. The van der Waals surface area contributed by atoms with Gasteiger partial charge in [0.1, 0.15) is 0 Å². The van der Waals surface area contributed by atoms with Gasteiger partial charge in [-0.3, -0.25) is 0 Å². The van der Waals surface area contributed by atoms with Crippen molar-refractivity contribution < 1.29 is 13.2 Å². The molecule has 0 unspecified atom stereocenters. The topological polar surface area (TPSA) is 69.9 Å². The lowest BCUT2D eigenvalue weighted by Gasteiger charge is -2.10. The van der Waals surface area contributed by atoms with Crippen LogP contribution in [0, 0.1) is 0 Å². The van der Waals surface area contributed by atoms with E-state index in [1.807, 2.05) is 18.2 Å². The fourth-order valence-electron chi connectivity index (χ4n) is 2.21. The molecule has 0 saturated heterocycles. The Kier molecular flexibility index (Phi) is 2.79. The van der Waals surface area contributed by atoms with Crippen molar-refractivity contribution in [1.82, 2.24) is 9.78 Å². The third-order valence-electron chi connectivity index (χ3n) is 3.26. The second kappa shape index (κ2) is 4.41. The molecular weight excluding hydrogens is 281 g/mol. The van der Waals surface area contributed by atoms with E-state index < -0.39 is 6.30 Å². The molecule has 7 heteroatoms. The number of alkyl halides is 3. The number of halogens is 3. The summed E-state index contributed by atoms with van der Waals surface area (Å²) in [6.45, 7) is 0. The Morgan fingerprint density at radius 2 is 1.71 bits per heavy atom. The summed E-state index contributed by atoms with van der Waals surface area (Å²) in [6, 6.07) is 10.2. The molecular formula is C14H11F3N4. The first-order chi connectivity index (χ1) is 9.88. The first-order valence-corrected chi connectivity index (χ1v) is 6.08. The Labute approximate surface area is 117 Å². The van der Waals surface area contributed by atoms with E-state index >= 15 is 0 Å². The van der Waals surface area contributed by atoms with E-state index in [9.17, 15) is 13.2 Å². The van der Waals surface area contributed by atoms with E-state index in [0.29, 0.717) is 11.3 Å². The normalized spacial score (nSPS) is 12.0. The lowest BCUT2D eigenvalue weighted by atomic mass is 10.0. The quantitative estimate of drug-likeness (QED) is 0.676. The van der Waals surface area contributed by atoms with Crippen molar-refractivity contribution in [1.29, 1.82) is 0 Å². The van der Waals surface area contributed by atoms with Crippen molar-refractivity contribution >= 4 is 22.1 Å². The zero-order valence-corrected chi connectivity index (χ0v) is 10.7. The Morgan fingerprint density at radius 3 is 2.38 bits per heavy atom. The Balaban J connectivity index is 2.21. The maximum atomic E-state index is 12.6. The van der Waals surface area contributed by atoms with Gasteiger partial charge in [-0.2, -0.15) is 9.78 Å². The van der Waals surface area contributed by atoms with Crippen LogP contribution in [0.15, 0.2) is 42.6 Å². The van der Waals surface area contributed by atoms with Crippen LogP contribution >= 0.6 is 0 Å². The number of fused-ring (bicyclic) bond motifs is 1. The molecule has 0 aliphatic heterocycles. The van der Waals surface area contributed by atoms with Crippen LogP contribution in [0.25, 0.3) is 22.0 Å². The molecule has 108 valence electrons. The highest BCUT2D eigenvalue weighted by atomic mass is 19.4. The molecule has 4 N–H and O–H groups in total. The number of rotatable bonds is 1. The van der Waals surface area contributed by atoms with E-state index in [4.69, 9.17) is 11.5 Å². The van der Waals surface area contributed by atoms with E-state index in [0.717, 1.165) is 17.0 Å². The molecule has 0 spiro atoms. The standard InChI is InChI=1S/C14H11F3N4/c15-14(16,17)21-6-5-11(20-21)10-7-8-3-1-2-4-9(8)12(18)13(10)19/h1-7H,18-19H2. The number of benzene rings is 2. The molecule has 0 aliphatic carbocycles. The maximum absolute atomic E-state index is 12.6. The summed E-state index contributed by atoms with van der Waals surface area (Å²) >= 11 is 0. The molecule has 1 aromatic heterocycles. The third kappa shape index (κ3) is 2.16. The van der Waals surface area contributed by atoms with Crippen LogP contribution in [0.1, 0.15) is 0 Å². The van der Waals surface area contributed by atoms with Crippen LogP contribution in [-0.4, -0.2) is 9.78 Å². The van der Waals surface area contributed by atoms with Gasteiger partial charge in [0.2, 0.25) is 0 Å². The Bertz CT molecular complexity index is 821. The van der Waals surface area contributed by atoms with Crippen LogP contribution in [0.5, 0.6) is 0 Å². The minimum atomic E-state index is -4.56. The molecule has 0 fully saturated rings. The molecule has 0 atom stereocenters. The van der Waals surface area contributed by atoms with Crippen molar-refractivity contribution in [2.24, 2.45) is 0 Å². The SMILES string of the molecule is Nc1c(-c2ccn(C(F)(F)F)n2)cc2ccccc2c1N. The van der Waals surface area contributed by atoms with Crippen molar-refractivity contribution in [2.45, 2.75) is 6.30 Å². The van der Waals surface area contributed by atoms with Gasteiger partial charge in [0.15, 0.2) is 0 Å². The second-order valence-corrected chi connectivity index (χ2v) is 4.59. The lowest BCUT2D eigenvalue weighted by Crippen LogP contribution is -2.17. The van der Waals surface area contributed by atoms with E-state index in [2.05, 4.69) is 5.10 Å². The molecule has 1 heterocycles. The van der Waals surface area contributed by atoms with Crippen molar-refractivity contribution in [2.75, 3.05) is 11.5 Å². The van der Waals surface area contributed by atoms with E-state index in [1.165, 1.54) is 6.07 Å². The summed E-state index contributed by atoms with van der Waals surface area (Å²) in [5.41, 5.74) is 13.0. The lowest BCUT2D eigenvalue weighted by molar-refractivity contribution is -0.212. The van der Waals surface area contributed by atoms with Crippen LogP contribution in [0.4, 0.5) is 24.5 Å². The van der Waals surface area contributed by atoms with E-state index in [1.54, 1.807) is 12.1 Å². The summed E-state index contributed by atoms with van der Waals surface area (Å²) in [6.07, 6.45) is -3.71. The van der Waals surface area contributed by atoms with Gasteiger partial charge in [0, 0.05) is 17.1 Å². The predicted octanol–water partition coefficient (Wildman–Crippen LogP) is 3.34. The van der Waals surface area contributed by atoms with Crippen molar-refractivity contribution in [3.63, 3.8) is 0 Å². The maximum Gasteiger partial charge on any atom is 0.504 e. The molecule has 3 rings (SSSR count). The molecule has 21 heavy (non-hydrogen) atoms. The minimum Gasteiger partial charge on any atom is -0.397 e. The second-order valence-electron chi connectivity index (χ2n) is 4.59. The van der Waals surface area contributed by atoms with Gasteiger partial charge in [-0.1, -0.05) is 24.3 Å². The number of anilines is 2. The monoisotopic (exact) mass is 292 g/mol. The zero-order chi connectivity index (χ0) is 15.2. The van der Waals surface area contributed by atoms with Crippen molar-refractivity contribution in [3.05, 3.63) is 42.6 Å². The summed E-state index contributed by atoms with van der Waals surface area (Å²) in [5, 5.41) is 5.07. The summed E-state index contributed by atoms with van der Waals surface area (Å²) in [5.74, 6) is 0. The zero-order valence-electron chi connectivity index (χ0n) is 10.7. The predicted molar refractivity (Wildman–Crippen MR) is 75.3 cm³/mol. The fourth-order valence-corrected chi connectivity index (χ4v) is 2.21. The largest absolute Gasteiger partial charge is 0.504 e. The molecule has 2 aromatic carbocycles. The highest BCUT2D eigenvalue weighted by Crippen LogP contribution is 2.36. The van der Waals surface area contributed by atoms with Gasteiger partial charge in [-0.15, -0.1) is 13.2 Å². The first kappa shape index (κ1) is 13.3. The molecule has 0 amide bonds. The summed E-state index contributed by atoms with van der Waals surface area (Å²) in [4.78, 5) is 0. The van der Waals surface area contributed by atoms with Crippen LogP contribution in [-0.2, 0) is 6.30 Å². The Hall–Kier alpha value is -2.70. The van der Waals surface area contributed by atoms with Gasteiger partial charge in [-0.25, -0.2) is 0 Å². The molecule has 0 radical (unpaired) electrons. The molecule has 0 saturated carbocycles. The molecule has 3 aromatic rings. The summed E-state index contributed by atoms with van der Waals surface area (Å²) < 4.78 is 37.7. The number of aromatic nitrogens is 2. The average molecular weight is 292 g/mol. The highest BCUT2D eigenvalue weighted by molar-refractivity contribution is 6.04. The minimum absolute atomic E-state index is 0.0623. The van der Waals surface area contributed by atoms with Crippen molar-refractivity contribution in [3.8, 4) is 11.3 Å². The smallest absolute Gasteiger partial charge is 0.397 e. The molecule has 0 aliphatic rings. The van der Waals surface area contributed by atoms with Gasteiger partial charge >= 0.3 is 6.30 Å². The van der Waals surface area contributed by atoms with Gasteiger partial charge in [-0.05, 0) is 17.5 Å². The van der Waals surface area contributed by atoms with Gasteiger partial charge in [0.25, 0.3) is 0 Å².